The summed E-state index contributed by atoms with van der Waals surface area (Å²) in [5.74, 6) is 0. The van der Waals surface area contributed by atoms with Crippen molar-refractivity contribution in [3.63, 3.8) is 0 Å². The Kier molecular flexibility index (Phi) is 5.08. The van der Waals surface area contributed by atoms with Gasteiger partial charge in [0.05, 0.1) is 0 Å². The van der Waals surface area contributed by atoms with Crippen LogP contribution in [0.3, 0.4) is 0 Å². The lowest BCUT2D eigenvalue weighted by atomic mass is 10.0. The van der Waals surface area contributed by atoms with E-state index in [-0.39, 0.29) is 0 Å². The van der Waals surface area contributed by atoms with Crippen molar-refractivity contribution >= 4 is 11.4 Å². The molecule has 1 aliphatic heterocycles. The fourth-order valence-corrected chi connectivity index (χ4v) is 2.66. The Labute approximate surface area is 117 Å². The Hall–Kier alpha value is -1.22. The van der Waals surface area contributed by atoms with Gasteiger partial charge in [0.2, 0.25) is 0 Å². The normalized spacial score (nSPS) is 16.7. The zero-order valence-electron chi connectivity index (χ0n) is 12.5. The van der Waals surface area contributed by atoms with E-state index in [1.165, 1.54) is 30.6 Å². The summed E-state index contributed by atoms with van der Waals surface area (Å²) in [5, 5.41) is 3.64. The van der Waals surface area contributed by atoms with Gasteiger partial charge in [-0.3, -0.25) is 0 Å². The van der Waals surface area contributed by atoms with Gasteiger partial charge in [-0.25, -0.2) is 0 Å². The first kappa shape index (κ1) is 14.2. The van der Waals surface area contributed by atoms with Gasteiger partial charge in [-0.15, -0.1) is 0 Å². The third kappa shape index (κ3) is 3.87. The van der Waals surface area contributed by atoms with Crippen LogP contribution in [0.25, 0.3) is 0 Å². The van der Waals surface area contributed by atoms with Gasteiger partial charge >= 0.3 is 0 Å². The number of nitrogens with one attached hydrogen (secondary N) is 1. The van der Waals surface area contributed by atoms with Crippen LogP contribution in [0.15, 0.2) is 24.3 Å². The second kappa shape index (κ2) is 6.80. The van der Waals surface area contributed by atoms with Gasteiger partial charge in [0.25, 0.3) is 0 Å². The molecule has 0 aliphatic carbocycles. The van der Waals surface area contributed by atoms with Gasteiger partial charge in [0.1, 0.15) is 0 Å². The molecule has 3 nitrogen and oxygen atoms in total. The molecule has 0 aromatic heterocycles. The molecule has 1 heterocycles. The molecule has 1 aromatic carbocycles. The van der Waals surface area contributed by atoms with E-state index in [0.717, 1.165) is 19.6 Å². The molecule has 1 aliphatic rings. The van der Waals surface area contributed by atoms with Gasteiger partial charge in [-0.1, -0.05) is 13.0 Å². The summed E-state index contributed by atoms with van der Waals surface area (Å²) < 4.78 is 0. The van der Waals surface area contributed by atoms with Crippen molar-refractivity contribution in [3.8, 4) is 0 Å². The molecule has 0 saturated carbocycles. The smallest absolute Gasteiger partial charge is 0.0386 e. The van der Waals surface area contributed by atoms with E-state index in [2.05, 4.69) is 60.4 Å². The van der Waals surface area contributed by atoms with Gasteiger partial charge in [-0.2, -0.15) is 0 Å². The van der Waals surface area contributed by atoms with Crippen LogP contribution in [-0.2, 0) is 0 Å². The molecule has 1 saturated heterocycles. The Morgan fingerprint density at radius 2 is 2.00 bits per heavy atom. The zero-order valence-corrected chi connectivity index (χ0v) is 12.5. The lowest BCUT2D eigenvalue weighted by Crippen LogP contribution is -2.42. The van der Waals surface area contributed by atoms with E-state index in [0.29, 0.717) is 6.04 Å². The van der Waals surface area contributed by atoms with Crippen LogP contribution in [0, 0.1) is 0 Å². The molecule has 0 atom stereocenters. The summed E-state index contributed by atoms with van der Waals surface area (Å²) in [5.41, 5.74) is 2.64. The molecule has 106 valence electrons. The van der Waals surface area contributed by atoms with Crippen LogP contribution in [-0.4, -0.2) is 39.8 Å². The molecular weight excluding hydrogens is 234 g/mol. The van der Waals surface area contributed by atoms with Crippen LogP contribution in [0.5, 0.6) is 0 Å². The Morgan fingerprint density at radius 1 is 1.26 bits per heavy atom. The van der Waals surface area contributed by atoms with E-state index in [9.17, 15) is 0 Å². The van der Waals surface area contributed by atoms with Crippen molar-refractivity contribution in [3.05, 3.63) is 24.3 Å². The first-order valence-electron chi connectivity index (χ1n) is 7.46. The second-order valence-electron chi connectivity index (χ2n) is 5.63. The molecule has 0 amide bonds. The highest BCUT2D eigenvalue weighted by molar-refractivity contribution is 5.59. The van der Waals surface area contributed by atoms with Gasteiger partial charge in [-0.05, 0) is 44.0 Å². The maximum absolute atomic E-state index is 3.64. The first-order valence-corrected chi connectivity index (χ1v) is 7.46. The van der Waals surface area contributed by atoms with Crippen LogP contribution in [0.4, 0.5) is 11.4 Å². The number of nitrogens with zero attached hydrogens (tertiary/aromatic N) is 2. The van der Waals surface area contributed by atoms with Crippen molar-refractivity contribution in [1.82, 2.24) is 5.32 Å². The van der Waals surface area contributed by atoms with Crippen LogP contribution < -0.4 is 15.1 Å². The molecule has 2 rings (SSSR count). The van der Waals surface area contributed by atoms with Crippen molar-refractivity contribution in [2.45, 2.75) is 32.2 Å². The molecule has 19 heavy (non-hydrogen) atoms. The molecule has 0 spiro atoms. The lowest BCUT2D eigenvalue weighted by Gasteiger charge is -2.34. The summed E-state index contributed by atoms with van der Waals surface area (Å²) in [6, 6.07) is 9.56. The minimum atomic E-state index is 0.716. The monoisotopic (exact) mass is 261 g/mol. The average Bonchev–Trinajstić information content (AvgIpc) is 2.46. The molecule has 3 heteroatoms. The minimum absolute atomic E-state index is 0.716. The quantitative estimate of drug-likeness (QED) is 0.879. The SMILES string of the molecule is CCCNC1CCN(c2cccc(N(C)C)c2)CC1. The Bertz CT molecular complexity index is 381. The van der Waals surface area contributed by atoms with Crippen molar-refractivity contribution in [1.29, 1.82) is 0 Å². The van der Waals surface area contributed by atoms with E-state index in [1.54, 1.807) is 0 Å². The number of hydrogen-bond donors (Lipinski definition) is 1. The lowest BCUT2D eigenvalue weighted by molar-refractivity contribution is 0.416. The van der Waals surface area contributed by atoms with Gasteiger partial charge in [0, 0.05) is 44.6 Å². The second-order valence-corrected chi connectivity index (χ2v) is 5.63. The molecule has 0 unspecified atom stereocenters. The van der Waals surface area contributed by atoms with Crippen LogP contribution in [0.2, 0.25) is 0 Å². The summed E-state index contributed by atoms with van der Waals surface area (Å²) in [6.07, 6.45) is 3.74. The van der Waals surface area contributed by atoms with Crippen molar-refractivity contribution < 1.29 is 0 Å². The molecule has 1 N–H and O–H groups in total. The standard InChI is InChI=1S/C16H27N3/c1-4-10-17-14-8-11-19(12-9-14)16-7-5-6-15(13-16)18(2)3/h5-7,13-14,17H,4,8-12H2,1-3H3. The molecule has 0 bridgehead atoms. The first-order chi connectivity index (χ1) is 9.20. The topological polar surface area (TPSA) is 18.5 Å². The highest BCUT2D eigenvalue weighted by Gasteiger charge is 2.18. The third-order valence-corrected chi connectivity index (χ3v) is 3.89. The minimum Gasteiger partial charge on any atom is -0.378 e. The highest BCUT2D eigenvalue weighted by atomic mass is 15.2. The maximum Gasteiger partial charge on any atom is 0.0386 e. The Balaban J connectivity index is 1.92. The van der Waals surface area contributed by atoms with E-state index < -0.39 is 0 Å². The molecular formula is C16H27N3. The average molecular weight is 261 g/mol. The number of hydrogen-bond acceptors (Lipinski definition) is 3. The highest BCUT2D eigenvalue weighted by Crippen LogP contribution is 2.24. The fraction of sp³-hybridized carbons (Fsp3) is 0.625. The molecule has 1 aromatic rings. The van der Waals surface area contributed by atoms with Crippen LogP contribution >= 0.6 is 0 Å². The number of benzene rings is 1. The van der Waals surface area contributed by atoms with Crippen molar-refractivity contribution in [2.24, 2.45) is 0 Å². The van der Waals surface area contributed by atoms with Gasteiger partial charge < -0.3 is 15.1 Å². The van der Waals surface area contributed by atoms with Crippen molar-refractivity contribution in [2.75, 3.05) is 43.5 Å². The number of piperidine rings is 1. The third-order valence-electron chi connectivity index (χ3n) is 3.89. The molecule has 1 fully saturated rings. The summed E-state index contributed by atoms with van der Waals surface area (Å²) in [7, 11) is 4.19. The van der Waals surface area contributed by atoms with Gasteiger partial charge in [0.15, 0.2) is 0 Å². The predicted octanol–water partition coefficient (Wildman–Crippen LogP) is 2.72. The van der Waals surface area contributed by atoms with E-state index in [1.807, 2.05) is 0 Å². The summed E-state index contributed by atoms with van der Waals surface area (Å²) >= 11 is 0. The number of anilines is 2. The largest absolute Gasteiger partial charge is 0.378 e. The molecule has 0 radical (unpaired) electrons. The van der Waals surface area contributed by atoms with E-state index >= 15 is 0 Å². The Morgan fingerprint density at radius 3 is 2.63 bits per heavy atom. The number of rotatable bonds is 5. The van der Waals surface area contributed by atoms with Crippen LogP contribution in [0.1, 0.15) is 26.2 Å². The maximum atomic E-state index is 3.64. The summed E-state index contributed by atoms with van der Waals surface area (Å²) in [6.45, 7) is 5.71. The van der Waals surface area contributed by atoms with E-state index in [4.69, 9.17) is 0 Å². The summed E-state index contributed by atoms with van der Waals surface area (Å²) in [4.78, 5) is 4.68. The predicted molar refractivity (Wildman–Crippen MR) is 84.3 cm³/mol. The zero-order chi connectivity index (χ0) is 13.7. The fourth-order valence-electron chi connectivity index (χ4n) is 2.66.